The van der Waals surface area contributed by atoms with E-state index in [-0.39, 0.29) is 6.29 Å². The first-order valence-corrected chi connectivity index (χ1v) is 7.33. The normalized spacial score (nSPS) is 11.7. The SMILES string of the molecule is CCCOC(/C=C/CCCI)OCCC. The van der Waals surface area contributed by atoms with Crippen molar-refractivity contribution in [3.05, 3.63) is 12.2 Å². The fourth-order valence-corrected chi connectivity index (χ4v) is 1.47. The number of allylic oxidation sites excluding steroid dienone is 1. The molecule has 0 aromatic carbocycles. The van der Waals surface area contributed by atoms with Crippen molar-refractivity contribution in [3.63, 3.8) is 0 Å². The average molecular weight is 326 g/mol. The lowest BCUT2D eigenvalue weighted by Crippen LogP contribution is -2.15. The topological polar surface area (TPSA) is 18.5 Å². The molecule has 0 amide bonds. The van der Waals surface area contributed by atoms with Crippen LogP contribution in [-0.4, -0.2) is 23.9 Å². The molecule has 2 nitrogen and oxygen atoms in total. The number of alkyl halides is 1. The molecule has 0 bridgehead atoms. The van der Waals surface area contributed by atoms with E-state index in [2.05, 4.69) is 42.5 Å². The van der Waals surface area contributed by atoms with Crippen LogP contribution in [0.5, 0.6) is 0 Å². The molecule has 0 N–H and O–H groups in total. The third-order valence-electron chi connectivity index (χ3n) is 1.77. The van der Waals surface area contributed by atoms with Gasteiger partial charge in [-0.15, -0.1) is 0 Å². The first-order valence-electron chi connectivity index (χ1n) is 5.81. The number of ether oxygens (including phenoxy) is 2. The fraction of sp³-hybridized carbons (Fsp3) is 0.833. The van der Waals surface area contributed by atoms with Crippen LogP contribution in [-0.2, 0) is 9.47 Å². The Hall–Kier alpha value is 0.390. The smallest absolute Gasteiger partial charge is 0.176 e. The van der Waals surface area contributed by atoms with Gasteiger partial charge in [-0.1, -0.05) is 42.5 Å². The molecule has 0 fully saturated rings. The van der Waals surface area contributed by atoms with Crippen molar-refractivity contribution in [1.82, 2.24) is 0 Å². The zero-order valence-electron chi connectivity index (χ0n) is 9.88. The van der Waals surface area contributed by atoms with Crippen LogP contribution in [0.15, 0.2) is 12.2 Å². The van der Waals surface area contributed by atoms with Crippen molar-refractivity contribution >= 4 is 22.6 Å². The molecule has 90 valence electrons. The molecule has 0 saturated carbocycles. The van der Waals surface area contributed by atoms with Crippen LogP contribution >= 0.6 is 22.6 Å². The van der Waals surface area contributed by atoms with Gasteiger partial charge in [-0.05, 0) is 36.2 Å². The van der Waals surface area contributed by atoms with Crippen molar-refractivity contribution in [3.8, 4) is 0 Å². The minimum absolute atomic E-state index is 0.140. The predicted octanol–water partition coefficient (Wildman–Crippen LogP) is 3.94. The molecule has 3 heteroatoms. The zero-order chi connectivity index (χ0) is 11.4. The maximum Gasteiger partial charge on any atom is 0.176 e. The van der Waals surface area contributed by atoms with Gasteiger partial charge in [0.2, 0.25) is 0 Å². The number of hydrogen-bond donors (Lipinski definition) is 0. The van der Waals surface area contributed by atoms with E-state index in [9.17, 15) is 0 Å². The highest BCUT2D eigenvalue weighted by atomic mass is 127. The molecule has 0 saturated heterocycles. The zero-order valence-corrected chi connectivity index (χ0v) is 12.0. The van der Waals surface area contributed by atoms with Crippen LogP contribution in [0.2, 0.25) is 0 Å². The third-order valence-corrected chi connectivity index (χ3v) is 2.53. The average Bonchev–Trinajstić information content (AvgIpc) is 2.27. The summed E-state index contributed by atoms with van der Waals surface area (Å²) in [6, 6.07) is 0. The second kappa shape index (κ2) is 12.5. The lowest BCUT2D eigenvalue weighted by Gasteiger charge is -2.14. The van der Waals surface area contributed by atoms with E-state index < -0.39 is 0 Å². The minimum atomic E-state index is -0.140. The van der Waals surface area contributed by atoms with Crippen LogP contribution in [0.1, 0.15) is 39.5 Å². The van der Waals surface area contributed by atoms with Crippen LogP contribution in [0.4, 0.5) is 0 Å². The Kier molecular flexibility index (Phi) is 12.8. The first-order chi connectivity index (χ1) is 7.35. The molecule has 0 aliphatic rings. The van der Waals surface area contributed by atoms with Gasteiger partial charge < -0.3 is 9.47 Å². The Labute approximate surface area is 108 Å². The molecule has 0 aliphatic heterocycles. The Morgan fingerprint density at radius 3 is 2.20 bits per heavy atom. The molecule has 0 unspecified atom stereocenters. The summed E-state index contributed by atoms with van der Waals surface area (Å²) in [4.78, 5) is 0. The van der Waals surface area contributed by atoms with E-state index in [0.29, 0.717) is 0 Å². The summed E-state index contributed by atoms with van der Waals surface area (Å²) in [5, 5.41) is 0. The van der Waals surface area contributed by atoms with Gasteiger partial charge in [-0.25, -0.2) is 0 Å². The van der Waals surface area contributed by atoms with Gasteiger partial charge in [0.15, 0.2) is 6.29 Å². The Balaban J connectivity index is 3.71. The highest BCUT2D eigenvalue weighted by molar-refractivity contribution is 14.1. The van der Waals surface area contributed by atoms with Gasteiger partial charge in [-0.3, -0.25) is 0 Å². The lowest BCUT2D eigenvalue weighted by atomic mass is 10.3. The van der Waals surface area contributed by atoms with E-state index in [4.69, 9.17) is 9.47 Å². The number of halogens is 1. The number of hydrogen-bond acceptors (Lipinski definition) is 2. The fourth-order valence-electron chi connectivity index (χ4n) is 1.03. The lowest BCUT2D eigenvalue weighted by molar-refractivity contribution is -0.111. The molecular formula is C12H23IO2. The summed E-state index contributed by atoms with van der Waals surface area (Å²) in [5.41, 5.74) is 0. The van der Waals surface area contributed by atoms with Crippen molar-refractivity contribution < 1.29 is 9.47 Å². The summed E-state index contributed by atoms with van der Waals surface area (Å²) >= 11 is 2.39. The van der Waals surface area contributed by atoms with E-state index in [1.165, 1.54) is 10.8 Å². The van der Waals surface area contributed by atoms with Gasteiger partial charge in [-0.2, -0.15) is 0 Å². The quantitative estimate of drug-likeness (QED) is 0.199. The predicted molar refractivity (Wildman–Crippen MR) is 73.5 cm³/mol. The molecule has 0 aliphatic carbocycles. The monoisotopic (exact) mass is 326 g/mol. The Morgan fingerprint density at radius 2 is 1.73 bits per heavy atom. The highest BCUT2D eigenvalue weighted by Crippen LogP contribution is 2.02. The minimum Gasteiger partial charge on any atom is -0.349 e. The first kappa shape index (κ1) is 15.4. The van der Waals surface area contributed by atoms with Crippen LogP contribution < -0.4 is 0 Å². The largest absolute Gasteiger partial charge is 0.349 e. The van der Waals surface area contributed by atoms with E-state index >= 15 is 0 Å². The Bertz CT molecular complexity index is 141. The second-order valence-corrected chi connectivity index (χ2v) is 4.45. The summed E-state index contributed by atoms with van der Waals surface area (Å²) in [6.45, 7) is 5.75. The maximum atomic E-state index is 5.56. The van der Waals surface area contributed by atoms with Gasteiger partial charge in [0.05, 0.1) is 0 Å². The van der Waals surface area contributed by atoms with Crippen molar-refractivity contribution in [2.24, 2.45) is 0 Å². The highest BCUT2D eigenvalue weighted by Gasteiger charge is 2.02. The van der Waals surface area contributed by atoms with Gasteiger partial charge in [0.25, 0.3) is 0 Å². The van der Waals surface area contributed by atoms with E-state index in [0.717, 1.165) is 32.5 Å². The summed E-state index contributed by atoms with van der Waals surface area (Å²) in [6.07, 6.45) is 8.47. The maximum absolute atomic E-state index is 5.56. The molecule has 15 heavy (non-hydrogen) atoms. The molecule has 0 heterocycles. The van der Waals surface area contributed by atoms with E-state index in [1.54, 1.807) is 0 Å². The van der Waals surface area contributed by atoms with Crippen molar-refractivity contribution in [2.45, 2.75) is 45.8 Å². The van der Waals surface area contributed by atoms with Gasteiger partial charge in [0.1, 0.15) is 0 Å². The van der Waals surface area contributed by atoms with Gasteiger partial charge in [0, 0.05) is 13.2 Å². The number of rotatable bonds is 10. The summed E-state index contributed by atoms with van der Waals surface area (Å²) < 4.78 is 12.3. The molecular weight excluding hydrogens is 303 g/mol. The number of unbranched alkanes of at least 4 members (excludes halogenated alkanes) is 1. The third kappa shape index (κ3) is 10.7. The molecule has 0 radical (unpaired) electrons. The Morgan fingerprint density at radius 1 is 1.13 bits per heavy atom. The molecule has 0 spiro atoms. The van der Waals surface area contributed by atoms with Crippen LogP contribution in [0, 0.1) is 0 Å². The standard InChI is InChI=1S/C12H23IO2/c1-3-10-14-12(15-11-4-2)8-6-5-7-9-13/h6,8,12H,3-5,7,9-11H2,1-2H3/b8-6+. The molecule has 0 rings (SSSR count). The van der Waals surface area contributed by atoms with Crippen molar-refractivity contribution in [1.29, 1.82) is 0 Å². The summed E-state index contributed by atoms with van der Waals surface area (Å²) in [5.74, 6) is 0. The van der Waals surface area contributed by atoms with E-state index in [1.807, 2.05) is 6.08 Å². The van der Waals surface area contributed by atoms with Crippen LogP contribution in [0.25, 0.3) is 0 Å². The van der Waals surface area contributed by atoms with Crippen LogP contribution in [0.3, 0.4) is 0 Å². The summed E-state index contributed by atoms with van der Waals surface area (Å²) in [7, 11) is 0. The molecule has 0 aromatic heterocycles. The van der Waals surface area contributed by atoms with Crippen molar-refractivity contribution in [2.75, 3.05) is 17.6 Å². The molecule has 0 aromatic rings. The second-order valence-electron chi connectivity index (χ2n) is 3.37. The molecule has 0 atom stereocenters. The van der Waals surface area contributed by atoms with Gasteiger partial charge >= 0.3 is 0 Å².